The molecule has 3 aromatic rings. The Morgan fingerprint density at radius 1 is 1.11 bits per heavy atom. The third-order valence-corrected chi connectivity index (χ3v) is 3.22. The van der Waals surface area contributed by atoms with E-state index in [2.05, 4.69) is 54.1 Å². The van der Waals surface area contributed by atoms with Crippen LogP contribution in [0.15, 0.2) is 55.1 Å². The lowest BCUT2D eigenvalue weighted by Crippen LogP contribution is -1.92. The van der Waals surface area contributed by atoms with Crippen LogP contribution in [0.3, 0.4) is 0 Å². The molecule has 0 atom stereocenters. The molecule has 0 saturated heterocycles. The van der Waals surface area contributed by atoms with Crippen LogP contribution in [0.5, 0.6) is 0 Å². The summed E-state index contributed by atoms with van der Waals surface area (Å²) in [5, 5.41) is 4.66. The van der Waals surface area contributed by atoms with E-state index in [0.29, 0.717) is 0 Å². The molecule has 2 aromatic carbocycles. The van der Waals surface area contributed by atoms with E-state index < -0.39 is 0 Å². The Labute approximate surface area is 112 Å². The number of aromatic amines is 1. The summed E-state index contributed by atoms with van der Waals surface area (Å²) in [6.45, 7) is 5.91. The molecule has 0 radical (unpaired) electrons. The zero-order chi connectivity index (χ0) is 13.2. The molecular formula is C17H16N2. The second-order valence-electron chi connectivity index (χ2n) is 4.67. The van der Waals surface area contributed by atoms with Crippen LogP contribution < -0.4 is 5.32 Å². The van der Waals surface area contributed by atoms with Gasteiger partial charge in [0.05, 0.1) is 0 Å². The molecule has 0 fully saturated rings. The summed E-state index contributed by atoms with van der Waals surface area (Å²) in [4.78, 5) is 3.33. The van der Waals surface area contributed by atoms with Gasteiger partial charge in [-0.1, -0.05) is 30.9 Å². The molecule has 0 unspecified atom stereocenters. The zero-order valence-electron chi connectivity index (χ0n) is 10.9. The molecule has 0 aliphatic heterocycles. The van der Waals surface area contributed by atoms with Crippen molar-refractivity contribution in [2.24, 2.45) is 0 Å². The van der Waals surface area contributed by atoms with Gasteiger partial charge in [0.2, 0.25) is 0 Å². The van der Waals surface area contributed by atoms with Gasteiger partial charge in [0.15, 0.2) is 0 Å². The van der Waals surface area contributed by atoms with Gasteiger partial charge < -0.3 is 10.3 Å². The Morgan fingerprint density at radius 2 is 1.95 bits per heavy atom. The van der Waals surface area contributed by atoms with Crippen molar-refractivity contribution in [3.8, 4) is 0 Å². The first kappa shape index (κ1) is 11.6. The van der Waals surface area contributed by atoms with E-state index in [-0.39, 0.29) is 0 Å². The minimum Gasteiger partial charge on any atom is -0.359 e. The Kier molecular flexibility index (Phi) is 2.84. The smallest absolute Gasteiger partial charge is 0.0457 e. The minimum absolute atomic E-state index is 1.07. The molecule has 94 valence electrons. The second kappa shape index (κ2) is 4.65. The number of H-pyrrole nitrogens is 1. The highest BCUT2D eigenvalue weighted by atomic mass is 14.9. The number of aryl methyl sites for hydroxylation is 1. The van der Waals surface area contributed by atoms with Crippen LogP contribution in [0.1, 0.15) is 11.3 Å². The summed E-state index contributed by atoms with van der Waals surface area (Å²) in [7, 11) is 0. The van der Waals surface area contributed by atoms with Gasteiger partial charge in [0.25, 0.3) is 0 Å². The zero-order valence-corrected chi connectivity index (χ0v) is 10.9. The molecule has 0 aliphatic rings. The lowest BCUT2D eigenvalue weighted by molar-refractivity contribution is 1.30. The summed E-state index contributed by atoms with van der Waals surface area (Å²) in [5.41, 5.74) is 5.61. The average molecular weight is 248 g/mol. The van der Waals surface area contributed by atoms with Gasteiger partial charge >= 0.3 is 0 Å². The molecule has 0 saturated carbocycles. The van der Waals surface area contributed by atoms with E-state index in [1.54, 1.807) is 0 Å². The topological polar surface area (TPSA) is 27.8 Å². The SMILES string of the molecule is C=Cc1ccccc1Nc1ccc2[nH]c(C)cc2c1. The third kappa shape index (κ3) is 2.25. The summed E-state index contributed by atoms with van der Waals surface area (Å²) < 4.78 is 0. The fourth-order valence-corrected chi connectivity index (χ4v) is 2.30. The first-order chi connectivity index (χ1) is 9.26. The number of nitrogens with one attached hydrogen (secondary N) is 2. The maximum atomic E-state index is 3.84. The Morgan fingerprint density at radius 3 is 2.79 bits per heavy atom. The third-order valence-electron chi connectivity index (χ3n) is 3.22. The Hall–Kier alpha value is -2.48. The van der Waals surface area contributed by atoms with E-state index >= 15 is 0 Å². The van der Waals surface area contributed by atoms with Crippen LogP contribution >= 0.6 is 0 Å². The molecule has 3 rings (SSSR count). The number of aromatic nitrogens is 1. The van der Waals surface area contributed by atoms with Crippen molar-refractivity contribution in [1.82, 2.24) is 4.98 Å². The second-order valence-corrected chi connectivity index (χ2v) is 4.67. The van der Waals surface area contributed by atoms with Gasteiger partial charge in [0.1, 0.15) is 0 Å². The normalized spacial score (nSPS) is 10.6. The predicted molar refractivity (Wildman–Crippen MR) is 82.9 cm³/mol. The van der Waals surface area contributed by atoms with Gasteiger partial charge in [-0.3, -0.25) is 0 Å². The van der Waals surface area contributed by atoms with E-state index in [4.69, 9.17) is 0 Å². The summed E-state index contributed by atoms with van der Waals surface area (Å²) >= 11 is 0. The summed E-state index contributed by atoms with van der Waals surface area (Å²) in [5.74, 6) is 0. The van der Waals surface area contributed by atoms with Crippen LogP contribution in [0.4, 0.5) is 11.4 Å². The molecule has 19 heavy (non-hydrogen) atoms. The number of benzene rings is 2. The first-order valence-electron chi connectivity index (χ1n) is 6.34. The number of para-hydroxylation sites is 1. The van der Waals surface area contributed by atoms with Crippen molar-refractivity contribution in [2.45, 2.75) is 6.92 Å². The largest absolute Gasteiger partial charge is 0.359 e. The maximum Gasteiger partial charge on any atom is 0.0457 e. The fourth-order valence-electron chi connectivity index (χ4n) is 2.30. The average Bonchev–Trinajstić information content (AvgIpc) is 2.79. The van der Waals surface area contributed by atoms with Crippen molar-refractivity contribution < 1.29 is 0 Å². The standard InChI is InChI=1S/C17H16N2/c1-3-13-6-4-5-7-16(13)19-15-8-9-17-14(11-15)10-12(2)18-17/h3-11,18-19H,1H2,2H3. The van der Waals surface area contributed by atoms with Crippen molar-refractivity contribution in [3.63, 3.8) is 0 Å². The Balaban J connectivity index is 1.98. The van der Waals surface area contributed by atoms with Crippen molar-refractivity contribution in [3.05, 3.63) is 66.4 Å². The molecule has 0 spiro atoms. The monoisotopic (exact) mass is 248 g/mol. The molecule has 2 N–H and O–H groups in total. The molecule has 2 nitrogen and oxygen atoms in total. The first-order valence-corrected chi connectivity index (χ1v) is 6.34. The molecule has 0 aliphatic carbocycles. The van der Waals surface area contributed by atoms with Gasteiger partial charge in [-0.05, 0) is 42.8 Å². The molecule has 0 bridgehead atoms. The van der Waals surface area contributed by atoms with E-state index in [1.807, 2.05) is 24.3 Å². The molecule has 1 aromatic heterocycles. The molecule has 2 heteroatoms. The van der Waals surface area contributed by atoms with E-state index in [0.717, 1.165) is 16.9 Å². The molecule has 0 amide bonds. The Bertz CT molecular complexity index is 738. The number of anilines is 2. The van der Waals surface area contributed by atoms with Crippen molar-refractivity contribution in [2.75, 3.05) is 5.32 Å². The maximum absolute atomic E-state index is 3.84. The van der Waals surface area contributed by atoms with Crippen LogP contribution in [0, 0.1) is 6.92 Å². The van der Waals surface area contributed by atoms with Crippen LogP contribution in [0.2, 0.25) is 0 Å². The lowest BCUT2D eigenvalue weighted by Gasteiger charge is -2.09. The van der Waals surface area contributed by atoms with E-state index in [9.17, 15) is 0 Å². The highest BCUT2D eigenvalue weighted by molar-refractivity contribution is 5.85. The quantitative estimate of drug-likeness (QED) is 0.680. The van der Waals surface area contributed by atoms with Crippen LogP contribution in [0.25, 0.3) is 17.0 Å². The number of hydrogen-bond donors (Lipinski definition) is 2. The number of fused-ring (bicyclic) bond motifs is 1. The molecule has 1 heterocycles. The van der Waals surface area contributed by atoms with Crippen molar-refractivity contribution in [1.29, 1.82) is 0 Å². The minimum atomic E-state index is 1.07. The number of hydrogen-bond acceptors (Lipinski definition) is 1. The van der Waals surface area contributed by atoms with Gasteiger partial charge in [-0.25, -0.2) is 0 Å². The molecular weight excluding hydrogens is 232 g/mol. The van der Waals surface area contributed by atoms with Crippen molar-refractivity contribution >= 4 is 28.4 Å². The predicted octanol–water partition coefficient (Wildman–Crippen LogP) is 4.86. The van der Waals surface area contributed by atoms with Gasteiger partial charge in [-0.15, -0.1) is 0 Å². The lowest BCUT2D eigenvalue weighted by atomic mass is 10.1. The van der Waals surface area contributed by atoms with Crippen LogP contribution in [-0.4, -0.2) is 4.98 Å². The highest BCUT2D eigenvalue weighted by Gasteiger charge is 2.02. The highest BCUT2D eigenvalue weighted by Crippen LogP contribution is 2.25. The van der Waals surface area contributed by atoms with E-state index in [1.165, 1.54) is 16.6 Å². The van der Waals surface area contributed by atoms with Gasteiger partial charge in [0, 0.05) is 28.0 Å². The van der Waals surface area contributed by atoms with Gasteiger partial charge in [-0.2, -0.15) is 0 Å². The number of rotatable bonds is 3. The fraction of sp³-hybridized carbons (Fsp3) is 0.0588. The summed E-state index contributed by atoms with van der Waals surface area (Å²) in [6.07, 6.45) is 1.86. The summed E-state index contributed by atoms with van der Waals surface area (Å²) in [6, 6.07) is 16.6. The van der Waals surface area contributed by atoms with Crippen LogP contribution in [-0.2, 0) is 0 Å².